The quantitative estimate of drug-likeness (QED) is 0.603. The van der Waals surface area contributed by atoms with Gasteiger partial charge in [0.2, 0.25) is 0 Å². The van der Waals surface area contributed by atoms with Gasteiger partial charge < -0.3 is 25.3 Å². The Balaban J connectivity index is 1.69. The summed E-state index contributed by atoms with van der Waals surface area (Å²) in [7, 11) is 0. The highest BCUT2D eigenvalue weighted by Gasteiger charge is 2.23. The number of urea groups is 1. The number of carbonyl (C=O) groups is 1. The highest BCUT2D eigenvalue weighted by Crippen LogP contribution is 2.30. The monoisotopic (exact) mass is 429 g/mol. The minimum atomic E-state index is -0.414. The van der Waals surface area contributed by atoms with E-state index in [4.69, 9.17) is 0 Å². The van der Waals surface area contributed by atoms with Gasteiger partial charge in [0.05, 0.1) is 18.8 Å². The molecule has 0 spiro atoms. The highest BCUT2D eigenvalue weighted by atomic mass is 19.1. The zero-order chi connectivity index (χ0) is 22.2. The molecule has 0 aliphatic carbocycles. The maximum atomic E-state index is 14.0. The van der Waals surface area contributed by atoms with Gasteiger partial charge in [0.15, 0.2) is 0 Å². The molecule has 1 unspecified atom stereocenters. The Hall–Kier alpha value is -2.64. The number of benzene rings is 2. The van der Waals surface area contributed by atoms with E-state index in [2.05, 4.69) is 10.2 Å². The van der Waals surface area contributed by atoms with Crippen LogP contribution in [0.2, 0.25) is 0 Å². The van der Waals surface area contributed by atoms with E-state index in [-0.39, 0.29) is 31.1 Å². The van der Waals surface area contributed by atoms with Crippen molar-refractivity contribution in [3.05, 3.63) is 65.5 Å². The average molecular weight is 430 g/mol. The van der Waals surface area contributed by atoms with Crippen LogP contribution in [-0.2, 0) is 6.42 Å². The molecular weight excluding hydrogens is 397 g/mol. The fraction of sp³-hybridized carbons (Fsp3) is 0.458. The third-order valence-electron chi connectivity index (χ3n) is 5.77. The highest BCUT2D eigenvalue weighted by molar-refractivity contribution is 5.75. The first-order chi connectivity index (χ1) is 15.0. The largest absolute Gasteiger partial charge is 0.395 e. The molecule has 6 nitrogen and oxygen atoms in total. The summed E-state index contributed by atoms with van der Waals surface area (Å²) >= 11 is 0. The van der Waals surface area contributed by atoms with Crippen LogP contribution in [0, 0.1) is 5.82 Å². The minimum Gasteiger partial charge on any atom is -0.395 e. The molecule has 0 bridgehead atoms. The van der Waals surface area contributed by atoms with E-state index in [1.54, 1.807) is 11.0 Å². The van der Waals surface area contributed by atoms with E-state index >= 15 is 0 Å². The first-order valence-electron chi connectivity index (χ1n) is 10.9. The molecule has 3 rings (SSSR count). The Kier molecular flexibility index (Phi) is 8.26. The predicted octanol–water partition coefficient (Wildman–Crippen LogP) is 3.09. The van der Waals surface area contributed by atoms with Gasteiger partial charge in [-0.05, 0) is 49.9 Å². The molecule has 2 aromatic carbocycles. The van der Waals surface area contributed by atoms with Crippen molar-refractivity contribution in [2.75, 3.05) is 37.7 Å². The number of hydrogen-bond donors (Lipinski definition) is 3. The van der Waals surface area contributed by atoms with Crippen molar-refractivity contribution in [1.29, 1.82) is 0 Å². The number of aliphatic hydroxyl groups excluding tert-OH is 2. The summed E-state index contributed by atoms with van der Waals surface area (Å²) in [6, 6.07) is 13.8. The number of aliphatic hydroxyl groups is 2. The Labute approximate surface area is 183 Å². The van der Waals surface area contributed by atoms with Crippen LogP contribution in [0.5, 0.6) is 0 Å². The lowest BCUT2D eigenvalue weighted by atomic mass is 10.0. The summed E-state index contributed by atoms with van der Waals surface area (Å²) < 4.78 is 14.0. The normalized spacial score (nSPS) is 15.5. The van der Waals surface area contributed by atoms with Crippen molar-refractivity contribution < 1.29 is 19.4 Å². The van der Waals surface area contributed by atoms with E-state index < -0.39 is 6.04 Å². The van der Waals surface area contributed by atoms with Crippen LogP contribution in [0.15, 0.2) is 48.5 Å². The van der Waals surface area contributed by atoms with Crippen molar-refractivity contribution in [3.63, 3.8) is 0 Å². The molecule has 1 atom stereocenters. The van der Waals surface area contributed by atoms with Crippen LogP contribution in [0.4, 0.5) is 14.9 Å². The molecule has 1 saturated heterocycles. The zero-order valence-corrected chi connectivity index (χ0v) is 18.0. The van der Waals surface area contributed by atoms with Gasteiger partial charge >= 0.3 is 6.03 Å². The Morgan fingerprint density at radius 1 is 1.19 bits per heavy atom. The summed E-state index contributed by atoms with van der Waals surface area (Å²) in [5.74, 6) is -0.354. The van der Waals surface area contributed by atoms with Crippen molar-refractivity contribution in [2.45, 2.75) is 38.3 Å². The van der Waals surface area contributed by atoms with Crippen molar-refractivity contribution in [2.24, 2.45) is 0 Å². The van der Waals surface area contributed by atoms with Gasteiger partial charge in [0.1, 0.15) is 5.82 Å². The minimum absolute atomic E-state index is 0.127. The van der Waals surface area contributed by atoms with Gasteiger partial charge in [-0.15, -0.1) is 0 Å². The van der Waals surface area contributed by atoms with E-state index in [0.29, 0.717) is 44.5 Å². The number of nitrogens with zero attached hydrogens (tertiary/aromatic N) is 2. The smallest absolute Gasteiger partial charge is 0.317 e. The number of carbonyl (C=O) groups excluding carboxylic acids is 1. The number of hydrogen-bond acceptors (Lipinski definition) is 4. The lowest BCUT2D eigenvalue weighted by Gasteiger charge is -2.34. The Morgan fingerprint density at radius 2 is 1.90 bits per heavy atom. The third kappa shape index (κ3) is 6.42. The SMILES string of the molecule is CC(NC(=O)N(CCO)CCc1ccccc1)c1cc(F)ccc1N1CCC(O)CC1. The number of rotatable bonds is 8. The third-order valence-corrected chi connectivity index (χ3v) is 5.77. The van der Waals surface area contributed by atoms with Crippen LogP contribution in [0.25, 0.3) is 0 Å². The molecule has 1 heterocycles. The molecule has 0 radical (unpaired) electrons. The maximum Gasteiger partial charge on any atom is 0.317 e. The van der Waals surface area contributed by atoms with Crippen LogP contribution < -0.4 is 10.2 Å². The summed E-state index contributed by atoms with van der Waals surface area (Å²) in [5.41, 5.74) is 2.70. The number of halogens is 1. The molecule has 3 N–H and O–H groups in total. The molecule has 0 saturated carbocycles. The molecule has 1 fully saturated rings. The number of piperidine rings is 1. The van der Waals surface area contributed by atoms with Crippen LogP contribution in [-0.4, -0.2) is 60.0 Å². The number of amides is 2. The predicted molar refractivity (Wildman–Crippen MR) is 120 cm³/mol. The molecule has 7 heteroatoms. The van der Waals surface area contributed by atoms with E-state index in [1.807, 2.05) is 37.3 Å². The Bertz CT molecular complexity index is 841. The van der Waals surface area contributed by atoms with E-state index in [9.17, 15) is 19.4 Å². The molecule has 0 aromatic heterocycles. The van der Waals surface area contributed by atoms with Crippen LogP contribution >= 0.6 is 0 Å². The molecule has 168 valence electrons. The second-order valence-corrected chi connectivity index (χ2v) is 8.04. The average Bonchev–Trinajstić information content (AvgIpc) is 2.78. The molecule has 2 amide bonds. The fourth-order valence-corrected chi connectivity index (χ4v) is 3.97. The standard InChI is InChI=1S/C24H32FN3O3/c1-18(22-17-20(25)7-8-23(22)27-13-10-21(30)11-14-27)26-24(31)28(15-16-29)12-9-19-5-3-2-4-6-19/h2-8,17-18,21,29-30H,9-16H2,1H3,(H,26,31). The summed E-state index contributed by atoms with van der Waals surface area (Å²) in [6.45, 7) is 3.79. The fourth-order valence-electron chi connectivity index (χ4n) is 3.97. The number of anilines is 1. The molecule has 1 aliphatic heterocycles. The zero-order valence-electron chi connectivity index (χ0n) is 18.0. The van der Waals surface area contributed by atoms with E-state index in [1.165, 1.54) is 12.1 Å². The van der Waals surface area contributed by atoms with Crippen LogP contribution in [0.1, 0.15) is 36.9 Å². The van der Waals surface area contributed by atoms with Gasteiger partial charge in [-0.3, -0.25) is 0 Å². The molecule has 2 aromatic rings. The maximum absolute atomic E-state index is 14.0. The van der Waals surface area contributed by atoms with Gasteiger partial charge in [0.25, 0.3) is 0 Å². The number of nitrogens with one attached hydrogen (secondary N) is 1. The van der Waals surface area contributed by atoms with Gasteiger partial charge in [0, 0.05) is 37.4 Å². The summed E-state index contributed by atoms with van der Waals surface area (Å²) in [4.78, 5) is 16.6. The van der Waals surface area contributed by atoms with Crippen LogP contribution in [0.3, 0.4) is 0 Å². The van der Waals surface area contributed by atoms with Gasteiger partial charge in [-0.1, -0.05) is 30.3 Å². The van der Waals surface area contributed by atoms with Crippen molar-refractivity contribution in [3.8, 4) is 0 Å². The summed E-state index contributed by atoms with van der Waals surface area (Å²) in [5, 5.41) is 22.2. The second kappa shape index (κ2) is 11.1. The Morgan fingerprint density at radius 3 is 2.58 bits per heavy atom. The second-order valence-electron chi connectivity index (χ2n) is 8.04. The molecular formula is C24H32FN3O3. The van der Waals surface area contributed by atoms with Crippen molar-refractivity contribution >= 4 is 11.7 Å². The van der Waals surface area contributed by atoms with Gasteiger partial charge in [-0.2, -0.15) is 0 Å². The molecule has 31 heavy (non-hydrogen) atoms. The topological polar surface area (TPSA) is 76.0 Å². The summed E-state index contributed by atoms with van der Waals surface area (Å²) in [6.07, 6.45) is 1.72. The first-order valence-corrected chi connectivity index (χ1v) is 10.9. The lowest BCUT2D eigenvalue weighted by Crippen LogP contribution is -2.44. The van der Waals surface area contributed by atoms with E-state index in [0.717, 1.165) is 11.3 Å². The van der Waals surface area contributed by atoms with Crippen molar-refractivity contribution in [1.82, 2.24) is 10.2 Å². The molecule has 1 aliphatic rings. The van der Waals surface area contributed by atoms with Gasteiger partial charge in [-0.25, -0.2) is 9.18 Å². The first kappa shape index (κ1) is 23.0. The lowest BCUT2D eigenvalue weighted by molar-refractivity contribution is 0.145.